The summed E-state index contributed by atoms with van der Waals surface area (Å²) in [6.07, 6.45) is 5.36. The van der Waals surface area contributed by atoms with Gasteiger partial charge in [-0.2, -0.15) is 0 Å². The van der Waals surface area contributed by atoms with Crippen LogP contribution in [-0.4, -0.2) is 44.7 Å². The van der Waals surface area contributed by atoms with Gasteiger partial charge in [0.25, 0.3) is 0 Å². The van der Waals surface area contributed by atoms with Crippen LogP contribution in [0.2, 0.25) is 0 Å². The first-order chi connectivity index (χ1) is 7.69. The summed E-state index contributed by atoms with van der Waals surface area (Å²) in [7, 11) is 2.91. The first kappa shape index (κ1) is 11.5. The van der Waals surface area contributed by atoms with E-state index in [-0.39, 0.29) is 11.4 Å². The third-order valence-corrected chi connectivity index (χ3v) is 3.82. The second-order valence-corrected chi connectivity index (χ2v) is 4.66. The molecule has 0 aliphatic carbocycles. The van der Waals surface area contributed by atoms with Crippen molar-refractivity contribution < 1.29 is 14.3 Å². The van der Waals surface area contributed by atoms with Gasteiger partial charge in [-0.15, -0.1) is 0 Å². The molecule has 0 saturated carbocycles. The van der Waals surface area contributed by atoms with E-state index in [9.17, 15) is 4.79 Å². The van der Waals surface area contributed by atoms with Crippen LogP contribution in [0.4, 0.5) is 0 Å². The van der Waals surface area contributed by atoms with Gasteiger partial charge in [0.2, 0.25) is 5.76 Å². The lowest BCUT2D eigenvalue weighted by Gasteiger charge is -2.46. The monoisotopic (exact) mass is 225 g/mol. The summed E-state index contributed by atoms with van der Waals surface area (Å²) >= 11 is 0. The maximum Gasteiger partial charge on any atom is 0.372 e. The molecule has 90 valence electrons. The third kappa shape index (κ3) is 2.07. The van der Waals surface area contributed by atoms with E-state index < -0.39 is 0 Å². The molecule has 0 aromatic heterocycles. The summed E-state index contributed by atoms with van der Waals surface area (Å²) in [4.78, 5) is 13.9. The maximum absolute atomic E-state index is 11.5. The van der Waals surface area contributed by atoms with E-state index in [0.29, 0.717) is 5.76 Å². The zero-order valence-corrected chi connectivity index (χ0v) is 9.99. The predicted molar refractivity (Wildman–Crippen MR) is 59.8 cm³/mol. The van der Waals surface area contributed by atoms with E-state index in [4.69, 9.17) is 9.47 Å². The number of esters is 1. The number of hydrogen-bond donors (Lipinski definition) is 0. The van der Waals surface area contributed by atoms with Crippen LogP contribution in [0.5, 0.6) is 0 Å². The molecule has 0 N–H and O–H groups in total. The molecular formula is C12H19NO3. The Bertz CT molecular complexity index is 290. The molecule has 2 bridgehead atoms. The molecule has 3 heterocycles. The van der Waals surface area contributed by atoms with Crippen molar-refractivity contribution in [3.8, 4) is 0 Å². The Labute approximate surface area is 96.2 Å². The Morgan fingerprint density at radius 1 is 1.12 bits per heavy atom. The van der Waals surface area contributed by atoms with E-state index in [1.165, 1.54) is 14.2 Å². The van der Waals surface area contributed by atoms with Gasteiger partial charge in [0, 0.05) is 0 Å². The topological polar surface area (TPSA) is 38.8 Å². The lowest BCUT2D eigenvalue weighted by atomic mass is 9.72. The normalized spacial score (nSPS) is 33.6. The highest BCUT2D eigenvalue weighted by atomic mass is 16.6. The van der Waals surface area contributed by atoms with Gasteiger partial charge in [-0.05, 0) is 50.4 Å². The average molecular weight is 225 g/mol. The van der Waals surface area contributed by atoms with Gasteiger partial charge in [0.15, 0.2) is 0 Å². The number of carbonyl (C=O) groups excluding carboxylic acids is 1. The van der Waals surface area contributed by atoms with Crippen LogP contribution in [-0.2, 0) is 14.3 Å². The van der Waals surface area contributed by atoms with Gasteiger partial charge in [0.1, 0.15) is 0 Å². The zero-order valence-electron chi connectivity index (χ0n) is 9.99. The van der Waals surface area contributed by atoms with Crippen molar-refractivity contribution in [2.24, 2.45) is 5.41 Å². The highest BCUT2D eigenvalue weighted by Crippen LogP contribution is 2.42. The number of ether oxygens (including phenoxy) is 2. The molecule has 3 aliphatic heterocycles. The van der Waals surface area contributed by atoms with E-state index in [1.54, 1.807) is 0 Å². The Morgan fingerprint density at radius 2 is 1.69 bits per heavy atom. The van der Waals surface area contributed by atoms with Crippen molar-refractivity contribution in [2.45, 2.75) is 19.3 Å². The molecule has 3 saturated heterocycles. The molecule has 0 atom stereocenters. The van der Waals surface area contributed by atoms with Gasteiger partial charge >= 0.3 is 5.97 Å². The van der Waals surface area contributed by atoms with E-state index in [1.807, 2.05) is 6.08 Å². The molecule has 0 radical (unpaired) electrons. The number of nitrogens with zero attached hydrogens (tertiary/aromatic N) is 1. The molecule has 0 spiro atoms. The molecule has 0 aromatic carbocycles. The largest absolute Gasteiger partial charge is 0.490 e. The number of piperidine rings is 3. The summed E-state index contributed by atoms with van der Waals surface area (Å²) in [6.45, 7) is 3.40. The van der Waals surface area contributed by atoms with Crippen molar-refractivity contribution in [3.63, 3.8) is 0 Å². The summed E-state index contributed by atoms with van der Waals surface area (Å²) in [5.74, 6) is -0.0114. The van der Waals surface area contributed by atoms with Gasteiger partial charge < -0.3 is 14.4 Å². The molecule has 0 unspecified atom stereocenters. The lowest BCUT2D eigenvalue weighted by molar-refractivity contribution is -0.139. The van der Waals surface area contributed by atoms with Crippen LogP contribution in [0.15, 0.2) is 11.8 Å². The highest BCUT2D eigenvalue weighted by Gasteiger charge is 2.38. The minimum Gasteiger partial charge on any atom is -0.490 e. The van der Waals surface area contributed by atoms with Gasteiger partial charge in [-0.3, -0.25) is 0 Å². The first-order valence-corrected chi connectivity index (χ1v) is 5.77. The van der Waals surface area contributed by atoms with E-state index in [0.717, 1.165) is 38.9 Å². The smallest absolute Gasteiger partial charge is 0.372 e. The van der Waals surface area contributed by atoms with Crippen molar-refractivity contribution in [1.82, 2.24) is 4.90 Å². The molecular weight excluding hydrogens is 206 g/mol. The molecule has 4 heteroatoms. The van der Waals surface area contributed by atoms with E-state index >= 15 is 0 Å². The Hall–Kier alpha value is -1.03. The number of carbonyl (C=O) groups is 1. The van der Waals surface area contributed by atoms with Gasteiger partial charge in [-0.25, -0.2) is 4.79 Å². The van der Waals surface area contributed by atoms with Crippen LogP contribution in [0.1, 0.15) is 19.3 Å². The van der Waals surface area contributed by atoms with Crippen LogP contribution in [0.25, 0.3) is 0 Å². The fourth-order valence-electron chi connectivity index (χ4n) is 2.65. The second-order valence-electron chi connectivity index (χ2n) is 4.66. The maximum atomic E-state index is 11.5. The van der Waals surface area contributed by atoms with Gasteiger partial charge in [-0.1, -0.05) is 0 Å². The predicted octanol–water partition coefficient (Wildman–Crippen LogP) is 1.18. The second kappa shape index (κ2) is 4.45. The highest BCUT2D eigenvalue weighted by molar-refractivity contribution is 5.86. The molecule has 4 nitrogen and oxygen atoms in total. The third-order valence-electron chi connectivity index (χ3n) is 3.82. The standard InChI is InChI=1S/C12H19NO3/c1-15-10(11(14)16-2)9-12-3-6-13(7-4-12)8-5-12/h9H,3-8H2,1-2H3. The van der Waals surface area contributed by atoms with Gasteiger partial charge in [0.05, 0.1) is 14.2 Å². The number of methoxy groups -OCH3 is 2. The van der Waals surface area contributed by atoms with Crippen LogP contribution in [0.3, 0.4) is 0 Å². The number of rotatable bonds is 3. The van der Waals surface area contributed by atoms with Crippen LogP contribution >= 0.6 is 0 Å². The Kier molecular flexibility index (Phi) is 3.19. The van der Waals surface area contributed by atoms with Crippen LogP contribution in [0, 0.1) is 5.41 Å². The van der Waals surface area contributed by atoms with Crippen molar-refractivity contribution >= 4 is 5.97 Å². The number of fused-ring (bicyclic) bond motifs is 3. The minimum absolute atomic E-state index is 0.161. The fourth-order valence-corrected chi connectivity index (χ4v) is 2.65. The summed E-state index contributed by atoms with van der Waals surface area (Å²) in [5, 5.41) is 0. The Morgan fingerprint density at radius 3 is 2.12 bits per heavy atom. The first-order valence-electron chi connectivity index (χ1n) is 5.77. The van der Waals surface area contributed by atoms with Crippen molar-refractivity contribution in [3.05, 3.63) is 11.8 Å². The van der Waals surface area contributed by atoms with Crippen LogP contribution < -0.4 is 0 Å². The van der Waals surface area contributed by atoms with E-state index in [2.05, 4.69) is 4.90 Å². The van der Waals surface area contributed by atoms with Crippen molar-refractivity contribution in [1.29, 1.82) is 0 Å². The molecule has 0 amide bonds. The Balaban J connectivity index is 2.16. The lowest BCUT2D eigenvalue weighted by Crippen LogP contribution is -2.47. The summed E-state index contributed by atoms with van der Waals surface area (Å²) < 4.78 is 9.83. The molecule has 3 fully saturated rings. The quantitative estimate of drug-likeness (QED) is 0.410. The van der Waals surface area contributed by atoms with Crippen molar-refractivity contribution in [2.75, 3.05) is 33.9 Å². The number of allylic oxidation sites excluding steroid dienone is 1. The molecule has 3 aliphatic rings. The SMILES string of the molecule is COC(=O)C(=CC12CCN(CC1)CC2)OC. The molecule has 16 heavy (non-hydrogen) atoms. The minimum atomic E-state index is -0.370. The average Bonchev–Trinajstić information content (AvgIpc) is 2.37. The summed E-state index contributed by atoms with van der Waals surface area (Å²) in [6, 6.07) is 0. The number of hydrogen-bond acceptors (Lipinski definition) is 4. The zero-order chi connectivity index (χ0) is 11.6. The molecule has 0 aromatic rings. The summed E-state index contributed by atoms with van der Waals surface area (Å²) in [5.41, 5.74) is 0.161. The molecule has 3 rings (SSSR count). The fraction of sp³-hybridized carbons (Fsp3) is 0.750.